The van der Waals surface area contributed by atoms with Gasteiger partial charge in [0.05, 0.1) is 12.1 Å². The summed E-state index contributed by atoms with van der Waals surface area (Å²) in [5.41, 5.74) is 10.1. The number of amides is 3. The number of carbonyl (C=O) groups excluding carboxylic acids is 3. The van der Waals surface area contributed by atoms with Crippen molar-refractivity contribution in [3.05, 3.63) is 0 Å². The fourth-order valence-corrected chi connectivity index (χ4v) is 2.09. The van der Waals surface area contributed by atoms with Gasteiger partial charge in [0, 0.05) is 0 Å². The van der Waals surface area contributed by atoms with Crippen molar-refractivity contribution in [3.8, 4) is 0 Å². The summed E-state index contributed by atoms with van der Waals surface area (Å²) in [5.74, 6) is -1.12. The zero-order valence-electron chi connectivity index (χ0n) is 12.1. The molecule has 0 radical (unpaired) electrons. The highest BCUT2D eigenvalue weighted by Crippen LogP contribution is 2.29. The number of hydrogen-bond acceptors (Lipinski definition) is 4. The van der Waals surface area contributed by atoms with Gasteiger partial charge in [0.15, 0.2) is 0 Å². The van der Waals surface area contributed by atoms with Gasteiger partial charge in [-0.25, -0.2) is 0 Å². The summed E-state index contributed by atoms with van der Waals surface area (Å²) >= 11 is 0. The van der Waals surface area contributed by atoms with Crippen molar-refractivity contribution in [2.24, 2.45) is 17.4 Å². The van der Waals surface area contributed by atoms with E-state index in [0.29, 0.717) is 19.3 Å². The molecule has 0 aromatic rings. The summed E-state index contributed by atoms with van der Waals surface area (Å²) in [5, 5.41) is 5.10. The van der Waals surface area contributed by atoms with Crippen molar-refractivity contribution < 1.29 is 14.4 Å². The van der Waals surface area contributed by atoms with E-state index in [0.717, 1.165) is 6.42 Å². The van der Waals surface area contributed by atoms with E-state index < -0.39 is 23.4 Å². The summed E-state index contributed by atoms with van der Waals surface area (Å²) in [6, 6.07) is -0.692. The molecule has 7 heteroatoms. The highest BCUT2D eigenvalue weighted by molar-refractivity contribution is 5.93. The molecular formula is C13H24N4O3. The van der Waals surface area contributed by atoms with Crippen LogP contribution in [0.2, 0.25) is 0 Å². The van der Waals surface area contributed by atoms with E-state index >= 15 is 0 Å². The first-order chi connectivity index (χ1) is 9.24. The van der Waals surface area contributed by atoms with E-state index in [1.54, 1.807) is 0 Å². The van der Waals surface area contributed by atoms with Gasteiger partial charge in [-0.15, -0.1) is 0 Å². The summed E-state index contributed by atoms with van der Waals surface area (Å²) < 4.78 is 0. The minimum Gasteiger partial charge on any atom is -0.368 e. The Morgan fingerprint density at radius 2 is 1.85 bits per heavy atom. The number of carbonyl (C=O) groups is 3. The van der Waals surface area contributed by atoms with Gasteiger partial charge in [-0.1, -0.05) is 13.8 Å². The predicted octanol–water partition coefficient (Wildman–Crippen LogP) is -1.000. The summed E-state index contributed by atoms with van der Waals surface area (Å²) in [4.78, 5) is 34.7. The van der Waals surface area contributed by atoms with Gasteiger partial charge in [0.1, 0.15) is 6.04 Å². The van der Waals surface area contributed by atoms with Crippen LogP contribution in [-0.4, -0.2) is 35.8 Å². The van der Waals surface area contributed by atoms with Gasteiger partial charge in [-0.05, 0) is 31.6 Å². The molecule has 1 aliphatic carbocycles. The minimum atomic E-state index is -0.848. The lowest BCUT2D eigenvalue weighted by Crippen LogP contribution is -2.62. The molecule has 0 heterocycles. The Morgan fingerprint density at radius 1 is 1.25 bits per heavy atom. The Kier molecular flexibility index (Phi) is 5.50. The normalized spacial score (nSPS) is 18.0. The van der Waals surface area contributed by atoms with Crippen molar-refractivity contribution in [1.29, 1.82) is 0 Å². The summed E-state index contributed by atoms with van der Waals surface area (Å²) in [7, 11) is 0. The van der Waals surface area contributed by atoms with Crippen molar-refractivity contribution in [1.82, 2.24) is 10.6 Å². The van der Waals surface area contributed by atoms with E-state index in [1.165, 1.54) is 0 Å². The average Bonchev–Trinajstić information content (AvgIpc) is 2.31. The second kappa shape index (κ2) is 6.69. The first-order valence-electron chi connectivity index (χ1n) is 6.90. The molecule has 1 aliphatic rings. The average molecular weight is 284 g/mol. The molecule has 1 rings (SSSR count). The second-order valence-electron chi connectivity index (χ2n) is 5.85. The van der Waals surface area contributed by atoms with E-state index in [2.05, 4.69) is 10.6 Å². The molecular weight excluding hydrogens is 260 g/mol. The van der Waals surface area contributed by atoms with Gasteiger partial charge in [0.2, 0.25) is 17.7 Å². The molecule has 0 spiro atoms. The van der Waals surface area contributed by atoms with Crippen LogP contribution >= 0.6 is 0 Å². The van der Waals surface area contributed by atoms with E-state index in [1.807, 2.05) is 13.8 Å². The highest BCUT2D eigenvalue weighted by Gasteiger charge is 2.41. The highest BCUT2D eigenvalue weighted by atomic mass is 16.2. The molecule has 0 aromatic carbocycles. The van der Waals surface area contributed by atoms with Crippen molar-refractivity contribution in [2.45, 2.75) is 51.1 Å². The van der Waals surface area contributed by atoms with Gasteiger partial charge in [0.25, 0.3) is 0 Å². The molecule has 7 nitrogen and oxygen atoms in total. The number of rotatable bonds is 7. The standard InChI is InChI=1S/C13H24N4O3/c1-8(2)6-9(11(19)16-7-10(14)18)17-12(20)13(15)4-3-5-13/h8-9H,3-7,15H2,1-2H3,(H2,14,18)(H,16,19)(H,17,20)/t9-/m0/s1. The third-order valence-electron chi connectivity index (χ3n) is 3.46. The summed E-state index contributed by atoms with van der Waals surface area (Å²) in [6.07, 6.45) is 2.67. The fraction of sp³-hybridized carbons (Fsp3) is 0.769. The van der Waals surface area contributed by atoms with Crippen LogP contribution < -0.4 is 22.1 Å². The molecule has 0 aliphatic heterocycles. The van der Waals surface area contributed by atoms with Crippen LogP contribution in [0.15, 0.2) is 0 Å². The number of hydrogen-bond donors (Lipinski definition) is 4. The molecule has 0 bridgehead atoms. The van der Waals surface area contributed by atoms with Crippen LogP contribution in [-0.2, 0) is 14.4 Å². The monoisotopic (exact) mass is 284 g/mol. The maximum absolute atomic E-state index is 12.1. The first kappa shape index (κ1) is 16.4. The third-order valence-corrected chi connectivity index (χ3v) is 3.46. The fourth-order valence-electron chi connectivity index (χ4n) is 2.09. The number of nitrogens with two attached hydrogens (primary N) is 2. The minimum absolute atomic E-state index is 0.217. The maximum Gasteiger partial charge on any atom is 0.243 e. The van der Waals surface area contributed by atoms with Gasteiger partial charge < -0.3 is 22.1 Å². The van der Waals surface area contributed by atoms with Gasteiger partial charge in [-0.2, -0.15) is 0 Å². The molecule has 0 aromatic heterocycles. The van der Waals surface area contributed by atoms with Crippen LogP contribution in [0, 0.1) is 5.92 Å². The van der Waals surface area contributed by atoms with Crippen LogP contribution in [0.4, 0.5) is 0 Å². The lowest BCUT2D eigenvalue weighted by atomic mass is 9.77. The Labute approximate surface area is 118 Å². The lowest BCUT2D eigenvalue weighted by Gasteiger charge is -2.37. The lowest BCUT2D eigenvalue weighted by molar-refractivity contribution is -0.134. The summed E-state index contributed by atoms with van der Waals surface area (Å²) in [6.45, 7) is 3.65. The van der Waals surface area contributed by atoms with Crippen molar-refractivity contribution in [3.63, 3.8) is 0 Å². The topological polar surface area (TPSA) is 127 Å². The van der Waals surface area contributed by atoms with Crippen molar-refractivity contribution >= 4 is 17.7 Å². The Balaban J connectivity index is 2.61. The maximum atomic E-state index is 12.1. The smallest absolute Gasteiger partial charge is 0.243 e. The Bertz CT molecular complexity index is 391. The van der Waals surface area contributed by atoms with Crippen LogP contribution in [0.1, 0.15) is 39.5 Å². The second-order valence-corrected chi connectivity index (χ2v) is 5.85. The molecule has 3 amide bonds. The molecule has 0 unspecified atom stereocenters. The molecule has 1 atom stereocenters. The quantitative estimate of drug-likeness (QED) is 0.478. The van der Waals surface area contributed by atoms with Crippen LogP contribution in [0.3, 0.4) is 0 Å². The van der Waals surface area contributed by atoms with E-state index in [4.69, 9.17) is 11.5 Å². The van der Waals surface area contributed by atoms with Gasteiger partial charge >= 0.3 is 0 Å². The molecule has 1 saturated carbocycles. The largest absolute Gasteiger partial charge is 0.368 e. The SMILES string of the molecule is CC(C)C[C@H](NC(=O)C1(N)CCC1)C(=O)NCC(N)=O. The first-order valence-corrected chi connectivity index (χ1v) is 6.90. The zero-order chi connectivity index (χ0) is 15.3. The van der Waals surface area contributed by atoms with Crippen LogP contribution in [0.25, 0.3) is 0 Å². The number of nitrogens with one attached hydrogen (secondary N) is 2. The van der Waals surface area contributed by atoms with E-state index in [9.17, 15) is 14.4 Å². The third kappa shape index (κ3) is 4.48. The predicted molar refractivity (Wildman–Crippen MR) is 74.4 cm³/mol. The molecule has 0 saturated heterocycles. The van der Waals surface area contributed by atoms with E-state index in [-0.39, 0.29) is 18.4 Å². The van der Waals surface area contributed by atoms with Gasteiger partial charge in [-0.3, -0.25) is 14.4 Å². The Morgan fingerprint density at radius 3 is 2.25 bits per heavy atom. The Hall–Kier alpha value is -1.63. The molecule has 20 heavy (non-hydrogen) atoms. The van der Waals surface area contributed by atoms with Crippen LogP contribution in [0.5, 0.6) is 0 Å². The molecule has 114 valence electrons. The number of primary amides is 1. The zero-order valence-corrected chi connectivity index (χ0v) is 12.1. The molecule has 1 fully saturated rings. The van der Waals surface area contributed by atoms with Crippen molar-refractivity contribution in [2.75, 3.05) is 6.54 Å². The molecule has 6 N–H and O–H groups in total.